The van der Waals surface area contributed by atoms with Gasteiger partial charge in [0.05, 0.1) is 0 Å². The normalized spacial score (nSPS) is 10.7. The van der Waals surface area contributed by atoms with E-state index < -0.39 is 0 Å². The fourth-order valence-corrected chi connectivity index (χ4v) is 2.34. The van der Waals surface area contributed by atoms with Crippen molar-refractivity contribution in [2.24, 2.45) is 0 Å². The van der Waals surface area contributed by atoms with Crippen molar-refractivity contribution in [1.82, 2.24) is 15.2 Å². The highest BCUT2D eigenvalue weighted by Gasteiger charge is 2.11. The molecule has 0 saturated carbocycles. The predicted octanol–water partition coefficient (Wildman–Crippen LogP) is 3.43. The third-order valence-corrected chi connectivity index (χ3v) is 3.31. The maximum Gasteiger partial charge on any atom is 0.156 e. The van der Waals surface area contributed by atoms with Gasteiger partial charge >= 0.3 is 0 Å². The van der Waals surface area contributed by atoms with Gasteiger partial charge in [0, 0.05) is 35.3 Å². The maximum absolute atomic E-state index is 4.42. The number of aromatic nitrogens is 3. The van der Waals surface area contributed by atoms with Gasteiger partial charge in [0.15, 0.2) is 5.82 Å². The van der Waals surface area contributed by atoms with E-state index in [2.05, 4.69) is 39.6 Å². The third-order valence-electron chi connectivity index (χ3n) is 3.31. The molecule has 1 N–H and O–H groups in total. The first-order valence-corrected chi connectivity index (χ1v) is 6.71. The Bertz CT molecular complexity index is 752. The van der Waals surface area contributed by atoms with Gasteiger partial charge in [-0.05, 0) is 25.5 Å². The fraction of sp³-hybridized carbons (Fsp3) is 0.188. The smallest absolute Gasteiger partial charge is 0.156 e. The maximum atomic E-state index is 4.42. The van der Waals surface area contributed by atoms with Crippen LogP contribution in [0.15, 0.2) is 42.7 Å². The molecule has 0 atom stereocenters. The Kier molecular flexibility index (Phi) is 3.29. The zero-order valence-corrected chi connectivity index (χ0v) is 11.6. The predicted molar refractivity (Wildman–Crippen MR) is 81.7 cm³/mol. The van der Waals surface area contributed by atoms with Crippen molar-refractivity contribution in [1.29, 1.82) is 0 Å². The average molecular weight is 264 g/mol. The molecule has 0 aliphatic carbocycles. The zero-order valence-electron chi connectivity index (χ0n) is 11.6. The summed E-state index contributed by atoms with van der Waals surface area (Å²) in [6.07, 6.45) is 3.64. The molecule has 100 valence electrons. The summed E-state index contributed by atoms with van der Waals surface area (Å²) in [5.41, 5.74) is 3.08. The van der Waals surface area contributed by atoms with Crippen LogP contribution in [-0.2, 0) is 0 Å². The van der Waals surface area contributed by atoms with E-state index >= 15 is 0 Å². The van der Waals surface area contributed by atoms with Crippen molar-refractivity contribution in [3.63, 3.8) is 0 Å². The highest BCUT2D eigenvalue weighted by molar-refractivity contribution is 6.00. The highest BCUT2D eigenvalue weighted by atomic mass is 15.2. The van der Waals surface area contributed by atoms with Crippen LogP contribution in [0.1, 0.15) is 12.5 Å². The first kappa shape index (κ1) is 12.5. The minimum atomic E-state index is 0.826. The van der Waals surface area contributed by atoms with Crippen LogP contribution in [0.5, 0.6) is 0 Å². The number of pyridine rings is 1. The van der Waals surface area contributed by atoms with Crippen LogP contribution in [0, 0.1) is 6.92 Å². The van der Waals surface area contributed by atoms with Gasteiger partial charge < -0.3 is 5.32 Å². The van der Waals surface area contributed by atoms with Crippen LogP contribution in [0.4, 0.5) is 5.82 Å². The highest BCUT2D eigenvalue weighted by Crippen LogP contribution is 2.30. The molecule has 0 bridgehead atoms. The van der Waals surface area contributed by atoms with Crippen molar-refractivity contribution in [3.05, 3.63) is 48.3 Å². The topological polar surface area (TPSA) is 50.7 Å². The molecule has 0 saturated heterocycles. The molecule has 0 spiro atoms. The summed E-state index contributed by atoms with van der Waals surface area (Å²) in [7, 11) is 0. The monoisotopic (exact) mass is 264 g/mol. The number of hydrogen-bond donors (Lipinski definition) is 1. The minimum absolute atomic E-state index is 0.826. The van der Waals surface area contributed by atoms with Gasteiger partial charge in [0.1, 0.15) is 5.69 Å². The number of aryl methyl sites for hydroxylation is 1. The molecule has 0 fully saturated rings. The van der Waals surface area contributed by atoms with E-state index in [1.807, 2.05) is 31.3 Å². The van der Waals surface area contributed by atoms with E-state index in [9.17, 15) is 0 Å². The van der Waals surface area contributed by atoms with Crippen LogP contribution in [-0.4, -0.2) is 21.7 Å². The number of anilines is 1. The number of nitrogens with one attached hydrogen (secondary N) is 1. The molecule has 0 amide bonds. The number of hydrogen-bond acceptors (Lipinski definition) is 4. The van der Waals surface area contributed by atoms with E-state index in [4.69, 9.17) is 0 Å². The Hall–Kier alpha value is -2.49. The zero-order chi connectivity index (χ0) is 13.9. The number of fused-ring (bicyclic) bond motifs is 1. The first-order valence-electron chi connectivity index (χ1n) is 6.71. The molecule has 3 rings (SSSR count). The van der Waals surface area contributed by atoms with Gasteiger partial charge in [-0.2, -0.15) is 0 Å². The quantitative estimate of drug-likeness (QED) is 0.787. The second kappa shape index (κ2) is 5.25. The average Bonchev–Trinajstić information content (AvgIpc) is 2.49. The Morgan fingerprint density at radius 2 is 1.85 bits per heavy atom. The van der Waals surface area contributed by atoms with Crippen LogP contribution >= 0.6 is 0 Å². The second-order valence-corrected chi connectivity index (χ2v) is 4.66. The van der Waals surface area contributed by atoms with E-state index in [1.165, 1.54) is 0 Å². The molecule has 2 aromatic heterocycles. The van der Waals surface area contributed by atoms with E-state index in [0.717, 1.165) is 40.0 Å². The van der Waals surface area contributed by atoms with Crippen molar-refractivity contribution >= 4 is 16.6 Å². The van der Waals surface area contributed by atoms with Crippen molar-refractivity contribution in [3.8, 4) is 11.3 Å². The molecule has 0 unspecified atom stereocenters. The van der Waals surface area contributed by atoms with Gasteiger partial charge in [0.2, 0.25) is 0 Å². The summed E-state index contributed by atoms with van der Waals surface area (Å²) < 4.78 is 0. The molecule has 2 heterocycles. The van der Waals surface area contributed by atoms with Gasteiger partial charge in [-0.25, -0.2) is 0 Å². The van der Waals surface area contributed by atoms with Crippen molar-refractivity contribution < 1.29 is 0 Å². The Morgan fingerprint density at radius 1 is 1.05 bits per heavy atom. The summed E-state index contributed by atoms with van der Waals surface area (Å²) in [6.45, 7) is 4.92. The molecular weight excluding hydrogens is 248 g/mol. The molecule has 4 heteroatoms. The van der Waals surface area contributed by atoms with E-state index in [-0.39, 0.29) is 0 Å². The molecule has 0 radical (unpaired) electrons. The summed E-state index contributed by atoms with van der Waals surface area (Å²) in [4.78, 5) is 4.14. The molecule has 20 heavy (non-hydrogen) atoms. The van der Waals surface area contributed by atoms with Crippen LogP contribution in [0.3, 0.4) is 0 Å². The van der Waals surface area contributed by atoms with Gasteiger partial charge in [0.25, 0.3) is 0 Å². The van der Waals surface area contributed by atoms with Gasteiger partial charge in [-0.15, -0.1) is 10.2 Å². The molecule has 0 aliphatic rings. The lowest BCUT2D eigenvalue weighted by molar-refractivity contribution is 1.03. The molecule has 0 aliphatic heterocycles. The first-order chi connectivity index (χ1) is 9.81. The Morgan fingerprint density at radius 3 is 2.60 bits per heavy atom. The van der Waals surface area contributed by atoms with E-state index in [0.29, 0.717) is 0 Å². The second-order valence-electron chi connectivity index (χ2n) is 4.66. The summed E-state index contributed by atoms with van der Waals surface area (Å²) in [6, 6.07) is 10.2. The van der Waals surface area contributed by atoms with Crippen LogP contribution in [0.25, 0.3) is 22.0 Å². The largest absolute Gasteiger partial charge is 0.368 e. The molecule has 4 nitrogen and oxygen atoms in total. The lowest BCUT2D eigenvalue weighted by Gasteiger charge is -2.11. The number of nitrogens with zero attached hydrogens (tertiary/aromatic N) is 3. The molecule has 3 aromatic rings. The fourth-order valence-electron chi connectivity index (χ4n) is 2.34. The summed E-state index contributed by atoms with van der Waals surface area (Å²) >= 11 is 0. The third kappa shape index (κ3) is 2.09. The van der Waals surface area contributed by atoms with Gasteiger partial charge in [-0.3, -0.25) is 4.98 Å². The minimum Gasteiger partial charge on any atom is -0.368 e. The van der Waals surface area contributed by atoms with Crippen LogP contribution < -0.4 is 5.32 Å². The van der Waals surface area contributed by atoms with E-state index in [1.54, 1.807) is 6.20 Å². The SMILES string of the molecule is CCNc1nnc(-c2ccncc2C)c2ccccc12. The summed E-state index contributed by atoms with van der Waals surface area (Å²) in [5, 5.41) is 14.2. The van der Waals surface area contributed by atoms with Crippen LogP contribution in [0.2, 0.25) is 0 Å². The van der Waals surface area contributed by atoms with Crippen molar-refractivity contribution in [2.75, 3.05) is 11.9 Å². The van der Waals surface area contributed by atoms with Crippen molar-refractivity contribution in [2.45, 2.75) is 13.8 Å². The molecular formula is C16H16N4. The standard InChI is InChI=1S/C16H16N4/c1-3-18-16-14-7-5-4-6-13(14)15(19-20-16)12-8-9-17-10-11(12)2/h4-10H,3H2,1-2H3,(H,18,20). The Labute approximate surface area is 117 Å². The summed E-state index contributed by atoms with van der Waals surface area (Å²) in [5.74, 6) is 0.832. The number of rotatable bonds is 3. The molecule has 1 aromatic carbocycles. The number of benzene rings is 1. The lowest BCUT2D eigenvalue weighted by Crippen LogP contribution is -2.03. The van der Waals surface area contributed by atoms with Gasteiger partial charge in [-0.1, -0.05) is 24.3 Å². The Balaban J connectivity index is 2.28. The lowest BCUT2D eigenvalue weighted by atomic mass is 10.0.